The van der Waals surface area contributed by atoms with Crippen molar-refractivity contribution < 1.29 is 14.3 Å². The number of rotatable bonds is 6. The molecular weight excluding hydrogens is 336 g/mol. The topological polar surface area (TPSA) is 86.2 Å². The first-order valence-corrected chi connectivity index (χ1v) is 9.18. The van der Waals surface area contributed by atoms with Gasteiger partial charge in [-0.1, -0.05) is 11.4 Å². The van der Waals surface area contributed by atoms with E-state index in [1.807, 2.05) is 12.3 Å². The number of thiazole rings is 1. The standard InChI is InChI=1S/C14H18N4O3S2/c1-2-10-13(23-18-17-10)14(19)16-11-6-20-4-3-12(11)21-5-9-7-22-8-15-9/h7-8,11-12H,2-6H2,1H3,(H,16,19)/t11-,12+/m1/s1. The zero-order valence-corrected chi connectivity index (χ0v) is 14.4. The number of nitrogens with one attached hydrogen (secondary N) is 1. The predicted molar refractivity (Wildman–Crippen MR) is 86.7 cm³/mol. The third-order valence-corrected chi connectivity index (χ3v) is 5.04. The Kier molecular flexibility index (Phi) is 5.65. The van der Waals surface area contributed by atoms with Gasteiger partial charge in [0.2, 0.25) is 0 Å². The molecule has 3 heterocycles. The summed E-state index contributed by atoms with van der Waals surface area (Å²) in [5.74, 6) is -0.158. The maximum absolute atomic E-state index is 12.4. The van der Waals surface area contributed by atoms with Crippen LogP contribution in [0.2, 0.25) is 0 Å². The normalized spacial score (nSPS) is 21.3. The van der Waals surface area contributed by atoms with Gasteiger partial charge in [0.1, 0.15) is 4.88 Å². The Labute approximate surface area is 142 Å². The van der Waals surface area contributed by atoms with E-state index < -0.39 is 0 Å². The van der Waals surface area contributed by atoms with Crippen molar-refractivity contribution >= 4 is 28.8 Å². The van der Waals surface area contributed by atoms with Crippen LogP contribution in [0, 0.1) is 0 Å². The van der Waals surface area contributed by atoms with Crippen molar-refractivity contribution in [3.8, 4) is 0 Å². The molecule has 1 fully saturated rings. The molecule has 3 rings (SSSR count). The second-order valence-corrected chi connectivity index (χ2v) is 6.65. The number of carbonyl (C=O) groups is 1. The van der Waals surface area contributed by atoms with Crippen molar-refractivity contribution in [3.63, 3.8) is 0 Å². The lowest BCUT2D eigenvalue weighted by Gasteiger charge is -2.31. The lowest BCUT2D eigenvalue weighted by atomic mass is 10.1. The first-order valence-electron chi connectivity index (χ1n) is 7.46. The summed E-state index contributed by atoms with van der Waals surface area (Å²) >= 11 is 2.66. The Morgan fingerprint density at radius 1 is 1.57 bits per heavy atom. The fourth-order valence-electron chi connectivity index (χ4n) is 2.40. The number of carbonyl (C=O) groups excluding carboxylic acids is 1. The van der Waals surface area contributed by atoms with Gasteiger partial charge >= 0.3 is 0 Å². The van der Waals surface area contributed by atoms with Crippen LogP contribution in [0.1, 0.15) is 34.4 Å². The van der Waals surface area contributed by atoms with Crippen molar-refractivity contribution in [1.29, 1.82) is 0 Å². The summed E-state index contributed by atoms with van der Waals surface area (Å²) in [6.07, 6.45) is 1.35. The highest BCUT2D eigenvalue weighted by molar-refractivity contribution is 7.08. The van der Waals surface area contributed by atoms with Crippen molar-refractivity contribution in [3.05, 3.63) is 27.2 Å². The number of hydrogen-bond donors (Lipinski definition) is 1. The number of amides is 1. The van der Waals surface area contributed by atoms with E-state index in [1.165, 1.54) is 0 Å². The summed E-state index contributed by atoms with van der Waals surface area (Å²) in [5.41, 5.74) is 3.42. The molecule has 2 aromatic rings. The summed E-state index contributed by atoms with van der Waals surface area (Å²) in [6, 6.07) is -0.179. The summed E-state index contributed by atoms with van der Waals surface area (Å²) < 4.78 is 15.3. The van der Waals surface area contributed by atoms with Gasteiger partial charge in [-0.2, -0.15) is 0 Å². The van der Waals surface area contributed by atoms with Crippen LogP contribution < -0.4 is 5.32 Å². The molecule has 0 saturated carbocycles. The minimum atomic E-state index is -0.179. The monoisotopic (exact) mass is 354 g/mol. The van der Waals surface area contributed by atoms with Gasteiger partial charge < -0.3 is 14.8 Å². The van der Waals surface area contributed by atoms with Crippen LogP contribution in [0.3, 0.4) is 0 Å². The average Bonchev–Trinajstić information content (AvgIpc) is 3.25. The molecule has 23 heavy (non-hydrogen) atoms. The number of aromatic nitrogens is 3. The smallest absolute Gasteiger partial charge is 0.265 e. The fourth-order valence-corrected chi connectivity index (χ4v) is 3.60. The van der Waals surface area contributed by atoms with Gasteiger partial charge in [0.25, 0.3) is 5.91 Å². The highest BCUT2D eigenvalue weighted by Crippen LogP contribution is 2.17. The quantitative estimate of drug-likeness (QED) is 0.849. The van der Waals surface area contributed by atoms with Gasteiger partial charge in [0.05, 0.1) is 42.3 Å². The number of hydrogen-bond acceptors (Lipinski definition) is 8. The second kappa shape index (κ2) is 7.91. The Bertz CT molecular complexity index is 632. The lowest BCUT2D eigenvalue weighted by molar-refractivity contribution is -0.0611. The van der Waals surface area contributed by atoms with Crippen molar-refractivity contribution in [2.75, 3.05) is 13.2 Å². The van der Waals surface area contributed by atoms with Gasteiger partial charge in [0, 0.05) is 12.0 Å². The summed E-state index contributed by atoms with van der Waals surface area (Å²) in [5, 5.41) is 8.94. The molecule has 1 aliphatic rings. The number of nitrogens with zero attached hydrogens (tertiary/aromatic N) is 3. The molecule has 0 unspecified atom stereocenters. The van der Waals surface area contributed by atoms with Gasteiger partial charge in [0.15, 0.2) is 0 Å². The Morgan fingerprint density at radius 3 is 3.26 bits per heavy atom. The third-order valence-electron chi connectivity index (χ3n) is 3.64. The highest BCUT2D eigenvalue weighted by Gasteiger charge is 2.29. The van der Waals surface area contributed by atoms with E-state index in [0.29, 0.717) is 31.1 Å². The maximum Gasteiger partial charge on any atom is 0.265 e. The lowest BCUT2D eigenvalue weighted by Crippen LogP contribution is -2.50. The summed E-state index contributed by atoms with van der Waals surface area (Å²) in [7, 11) is 0. The Morgan fingerprint density at radius 2 is 2.48 bits per heavy atom. The first kappa shape index (κ1) is 16.4. The average molecular weight is 354 g/mol. The molecular formula is C14H18N4O3S2. The molecule has 0 bridgehead atoms. The number of ether oxygens (including phenoxy) is 2. The molecule has 1 aliphatic heterocycles. The molecule has 0 spiro atoms. The first-order chi connectivity index (χ1) is 11.3. The van der Waals surface area contributed by atoms with Crippen LogP contribution in [0.15, 0.2) is 10.9 Å². The van der Waals surface area contributed by atoms with Crippen LogP contribution >= 0.6 is 22.9 Å². The van der Waals surface area contributed by atoms with Crippen LogP contribution in [0.5, 0.6) is 0 Å². The highest BCUT2D eigenvalue weighted by atomic mass is 32.1. The zero-order chi connectivity index (χ0) is 16.1. The predicted octanol–water partition coefficient (Wildman–Crippen LogP) is 1.66. The molecule has 1 N–H and O–H groups in total. The summed E-state index contributed by atoms with van der Waals surface area (Å²) in [6.45, 7) is 3.48. The van der Waals surface area contributed by atoms with E-state index in [2.05, 4.69) is 19.9 Å². The van der Waals surface area contributed by atoms with E-state index in [-0.39, 0.29) is 18.1 Å². The molecule has 1 amide bonds. The van der Waals surface area contributed by atoms with Crippen LogP contribution in [-0.2, 0) is 22.5 Å². The molecule has 7 nitrogen and oxygen atoms in total. The van der Waals surface area contributed by atoms with Crippen molar-refractivity contribution in [2.45, 2.75) is 38.5 Å². The Hall–Kier alpha value is -1.42. The van der Waals surface area contributed by atoms with Crippen LogP contribution in [0.4, 0.5) is 0 Å². The maximum atomic E-state index is 12.4. The largest absolute Gasteiger partial charge is 0.379 e. The SMILES string of the molecule is CCc1nnsc1C(=O)N[C@@H]1COCC[C@@H]1OCc1cscn1. The molecule has 0 aromatic carbocycles. The molecule has 124 valence electrons. The molecule has 0 aliphatic carbocycles. The van der Waals surface area contributed by atoms with Crippen molar-refractivity contribution in [2.24, 2.45) is 0 Å². The van der Waals surface area contributed by atoms with E-state index >= 15 is 0 Å². The molecule has 0 radical (unpaired) electrons. The van der Waals surface area contributed by atoms with Crippen LogP contribution in [0.25, 0.3) is 0 Å². The molecule has 2 aromatic heterocycles. The van der Waals surface area contributed by atoms with Gasteiger partial charge in [-0.15, -0.1) is 16.4 Å². The minimum absolute atomic E-state index is 0.0830. The molecule has 1 saturated heterocycles. The van der Waals surface area contributed by atoms with E-state index in [9.17, 15) is 4.79 Å². The van der Waals surface area contributed by atoms with Gasteiger partial charge in [-0.3, -0.25) is 4.79 Å². The van der Waals surface area contributed by atoms with E-state index in [1.54, 1.807) is 16.8 Å². The molecule has 9 heteroatoms. The van der Waals surface area contributed by atoms with Crippen LogP contribution in [-0.4, -0.2) is 45.8 Å². The third kappa shape index (κ3) is 4.11. The molecule has 2 atom stereocenters. The van der Waals surface area contributed by atoms with Gasteiger partial charge in [-0.25, -0.2) is 4.98 Å². The van der Waals surface area contributed by atoms with Crippen molar-refractivity contribution in [1.82, 2.24) is 19.9 Å². The van der Waals surface area contributed by atoms with E-state index in [0.717, 1.165) is 29.3 Å². The Balaban J connectivity index is 1.60. The van der Waals surface area contributed by atoms with Gasteiger partial charge in [-0.05, 0) is 24.4 Å². The zero-order valence-electron chi connectivity index (χ0n) is 12.7. The van der Waals surface area contributed by atoms with E-state index in [4.69, 9.17) is 9.47 Å². The number of aryl methyl sites for hydroxylation is 1. The fraction of sp³-hybridized carbons (Fsp3) is 0.571. The summed E-state index contributed by atoms with van der Waals surface area (Å²) in [4.78, 5) is 17.2. The minimum Gasteiger partial charge on any atom is -0.379 e. The second-order valence-electron chi connectivity index (χ2n) is 5.18.